The Kier molecular flexibility index (Phi) is 9.39. The van der Waals surface area contributed by atoms with Gasteiger partial charge in [0.15, 0.2) is 0 Å². The molecule has 5 nitrogen and oxygen atoms in total. The molecule has 0 atom stereocenters. The highest BCUT2D eigenvalue weighted by molar-refractivity contribution is 5.97. The maximum absolute atomic E-state index is 12.4. The van der Waals surface area contributed by atoms with E-state index in [0.29, 0.717) is 0 Å². The number of carbonyl (C=O) groups is 1. The summed E-state index contributed by atoms with van der Waals surface area (Å²) in [5.41, 5.74) is 0.209. The van der Waals surface area contributed by atoms with Crippen LogP contribution in [0.15, 0.2) is 11.8 Å². The van der Waals surface area contributed by atoms with Gasteiger partial charge in [-0.3, -0.25) is 4.79 Å². The smallest absolute Gasteiger partial charge is 0.265 e. The van der Waals surface area contributed by atoms with Gasteiger partial charge in [0.2, 0.25) is 0 Å². The molecule has 1 fully saturated rings. The second-order valence-corrected chi connectivity index (χ2v) is 6.21. The fourth-order valence-corrected chi connectivity index (χ4v) is 3.08. The van der Waals surface area contributed by atoms with Crippen molar-refractivity contribution in [2.75, 3.05) is 33.2 Å². The molecular weight excluding hydrogens is 288 g/mol. The average Bonchev–Trinajstić information content (AvgIpc) is 2.61. The second-order valence-electron chi connectivity index (χ2n) is 6.21. The van der Waals surface area contributed by atoms with E-state index in [4.69, 9.17) is 0 Å². The summed E-state index contributed by atoms with van der Waals surface area (Å²) in [7, 11) is 1.82. The Hall–Kier alpha value is -1.54. The average molecular weight is 320 g/mol. The minimum absolute atomic E-state index is 0.157. The number of rotatable bonds is 9. The fourth-order valence-electron chi connectivity index (χ4n) is 3.08. The molecule has 1 rings (SSSR count). The number of nitrogens with one attached hydrogen (secondary N) is 1. The summed E-state index contributed by atoms with van der Waals surface area (Å²) in [6, 6.07) is 2.33. The summed E-state index contributed by atoms with van der Waals surface area (Å²) in [6.07, 6.45) is 8.31. The monoisotopic (exact) mass is 320 g/mol. The van der Waals surface area contributed by atoms with Gasteiger partial charge in [-0.2, -0.15) is 5.26 Å². The van der Waals surface area contributed by atoms with Crippen molar-refractivity contribution in [3.05, 3.63) is 11.8 Å². The van der Waals surface area contributed by atoms with Crippen LogP contribution in [0.5, 0.6) is 0 Å². The highest BCUT2D eigenvalue weighted by Crippen LogP contribution is 2.22. The molecular formula is C18H32N4O. The first-order valence-corrected chi connectivity index (χ1v) is 8.97. The van der Waals surface area contributed by atoms with E-state index in [1.807, 2.05) is 13.1 Å². The van der Waals surface area contributed by atoms with Crippen molar-refractivity contribution in [1.82, 2.24) is 15.1 Å². The lowest BCUT2D eigenvalue weighted by atomic mass is 9.94. The first-order chi connectivity index (χ1) is 11.1. The Morgan fingerprint density at radius 3 is 2.48 bits per heavy atom. The first kappa shape index (κ1) is 19.5. The predicted octanol–water partition coefficient (Wildman–Crippen LogP) is 2.51. The van der Waals surface area contributed by atoms with Crippen LogP contribution in [0.1, 0.15) is 52.4 Å². The van der Waals surface area contributed by atoms with Crippen molar-refractivity contribution in [2.24, 2.45) is 0 Å². The van der Waals surface area contributed by atoms with Gasteiger partial charge in [-0.25, -0.2) is 0 Å². The van der Waals surface area contributed by atoms with Crippen LogP contribution < -0.4 is 5.32 Å². The maximum atomic E-state index is 12.4. The van der Waals surface area contributed by atoms with Gasteiger partial charge in [-0.15, -0.1) is 0 Å². The molecule has 0 heterocycles. The fraction of sp³-hybridized carbons (Fsp3) is 0.778. The molecule has 5 heteroatoms. The van der Waals surface area contributed by atoms with Crippen molar-refractivity contribution >= 4 is 5.91 Å². The Morgan fingerprint density at radius 2 is 1.91 bits per heavy atom. The molecule has 130 valence electrons. The summed E-state index contributed by atoms with van der Waals surface area (Å²) in [5.74, 6) is -0.157. The quantitative estimate of drug-likeness (QED) is 0.403. The molecule has 1 aliphatic rings. The SMILES string of the molecule is CCN(CC)CCCN/C=C(/C#N)C(=O)N(C)C1CCCCC1. The number of hydrogen-bond acceptors (Lipinski definition) is 4. The van der Waals surface area contributed by atoms with Gasteiger partial charge in [0.1, 0.15) is 11.6 Å². The Bertz CT molecular complexity index is 417. The molecule has 0 bridgehead atoms. The van der Waals surface area contributed by atoms with Crippen molar-refractivity contribution in [2.45, 2.75) is 58.4 Å². The zero-order chi connectivity index (χ0) is 17.1. The lowest BCUT2D eigenvalue weighted by Crippen LogP contribution is -2.39. The van der Waals surface area contributed by atoms with Crippen molar-refractivity contribution in [3.63, 3.8) is 0 Å². The van der Waals surface area contributed by atoms with Crippen LogP contribution in [-0.4, -0.2) is 55.0 Å². The van der Waals surface area contributed by atoms with Gasteiger partial charge in [0.05, 0.1) is 0 Å². The molecule has 1 saturated carbocycles. The number of nitrogens with zero attached hydrogens (tertiary/aromatic N) is 3. The molecule has 1 amide bonds. The zero-order valence-electron chi connectivity index (χ0n) is 15.0. The number of carbonyl (C=O) groups excluding carboxylic acids is 1. The minimum atomic E-state index is -0.157. The van der Waals surface area contributed by atoms with Gasteiger partial charge in [-0.1, -0.05) is 33.1 Å². The van der Waals surface area contributed by atoms with Crippen LogP contribution in [0.4, 0.5) is 0 Å². The first-order valence-electron chi connectivity index (χ1n) is 8.97. The van der Waals surface area contributed by atoms with Crippen LogP contribution >= 0.6 is 0 Å². The highest BCUT2D eigenvalue weighted by Gasteiger charge is 2.24. The third-order valence-corrected chi connectivity index (χ3v) is 4.73. The number of hydrogen-bond donors (Lipinski definition) is 1. The third kappa shape index (κ3) is 6.62. The van der Waals surface area contributed by atoms with Crippen molar-refractivity contribution < 1.29 is 4.79 Å². The van der Waals surface area contributed by atoms with E-state index in [2.05, 4.69) is 24.1 Å². The summed E-state index contributed by atoms with van der Waals surface area (Å²) in [6.45, 7) is 8.24. The number of nitriles is 1. The Morgan fingerprint density at radius 1 is 1.26 bits per heavy atom. The van der Waals surface area contributed by atoms with Crippen LogP contribution in [-0.2, 0) is 4.79 Å². The standard InChI is InChI=1S/C18H32N4O/c1-4-22(5-2)13-9-12-20-15-16(14-19)18(23)21(3)17-10-7-6-8-11-17/h15,17,20H,4-13H2,1-3H3/b16-15-. The largest absolute Gasteiger partial charge is 0.390 e. The summed E-state index contributed by atoms with van der Waals surface area (Å²) < 4.78 is 0. The molecule has 0 aliphatic heterocycles. The van der Waals surface area contributed by atoms with Crippen LogP contribution in [0.3, 0.4) is 0 Å². The predicted molar refractivity (Wildman–Crippen MR) is 93.7 cm³/mol. The van der Waals surface area contributed by atoms with E-state index in [0.717, 1.165) is 45.4 Å². The summed E-state index contributed by atoms with van der Waals surface area (Å²) in [5, 5.41) is 12.4. The Balaban J connectivity index is 2.41. The number of amides is 1. The summed E-state index contributed by atoms with van der Waals surface area (Å²) >= 11 is 0. The second kappa shape index (κ2) is 11.1. The molecule has 0 aromatic carbocycles. The molecule has 0 radical (unpaired) electrons. The molecule has 0 aromatic heterocycles. The maximum Gasteiger partial charge on any atom is 0.265 e. The van der Waals surface area contributed by atoms with Gasteiger partial charge < -0.3 is 15.1 Å². The molecule has 23 heavy (non-hydrogen) atoms. The lowest BCUT2D eigenvalue weighted by molar-refractivity contribution is -0.128. The molecule has 0 spiro atoms. The van der Waals surface area contributed by atoms with E-state index in [1.165, 1.54) is 19.3 Å². The van der Waals surface area contributed by atoms with Crippen LogP contribution in [0, 0.1) is 11.3 Å². The molecule has 0 aromatic rings. The van der Waals surface area contributed by atoms with E-state index in [-0.39, 0.29) is 17.5 Å². The van der Waals surface area contributed by atoms with E-state index >= 15 is 0 Å². The van der Waals surface area contributed by atoms with Gasteiger partial charge in [0.25, 0.3) is 5.91 Å². The molecule has 0 unspecified atom stereocenters. The van der Waals surface area contributed by atoms with Gasteiger partial charge >= 0.3 is 0 Å². The van der Waals surface area contributed by atoms with E-state index < -0.39 is 0 Å². The zero-order valence-corrected chi connectivity index (χ0v) is 15.0. The third-order valence-electron chi connectivity index (χ3n) is 4.73. The van der Waals surface area contributed by atoms with E-state index in [1.54, 1.807) is 11.1 Å². The lowest BCUT2D eigenvalue weighted by Gasteiger charge is -2.31. The molecule has 1 aliphatic carbocycles. The van der Waals surface area contributed by atoms with Crippen LogP contribution in [0.2, 0.25) is 0 Å². The van der Waals surface area contributed by atoms with Gasteiger partial charge in [-0.05, 0) is 38.9 Å². The summed E-state index contributed by atoms with van der Waals surface area (Å²) in [4.78, 5) is 16.5. The van der Waals surface area contributed by atoms with E-state index in [9.17, 15) is 10.1 Å². The van der Waals surface area contributed by atoms with Crippen LogP contribution in [0.25, 0.3) is 0 Å². The highest BCUT2D eigenvalue weighted by atomic mass is 16.2. The molecule has 1 N–H and O–H groups in total. The normalized spacial score (nSPS) is 16.2. The molecule has 0 saturated heterocycles. The van der Waals surface area contributed by atoms with Gasteiger partial charge in [0, 0.05) is 25.8 Å². The minimum Gasteiger partial charge on any atom is -0.390 e. The Labute approximate surface area is 141 Å². The van der Waals surface area contributed by atoms with Crippen molar-refractivity contribution in [1.29, 1.82) is 5.26 Å². The number of likely N-dealkylation sites (N-methyl/N-ethyl adjacent to an activating group) is 1. The van der Waals surface area contributed by atoms with Crippen molar-refractivity contribution in [3.8, 4) is 6.07 Å². The topological polar surface area (TPSA) is 59.4 Å².